The maximum absolute atomic E-state index is 13.7. The van der Waals surface area contributed by atoms with Crippen LogP contribution in [0, 0.1) is 0 Å². The number of amides is 1. The van der Waals surface area contributed by atoms with Crippen molar-refractivity contribution >= 4 is 30.2 Å². The first-order chi connectivity index (χ1) is 28.3. The van der Waals surface area contributed by atoms with Gasteiger partial charge in [0.15, 0.2) is 24.7 Å². The van der Waals surface area contributed by atoms with Crippen LogP contribution in [-0.2, 0) is 55.0 Å². The van der Waals surface area contributed by atoms with E-state index < -0.39 is 55.2 Å². The van der Waals surface area contributed by atoms with Crippen LogP contribution in [0.2, 0.25) is 0 Å². The van der Waals surface area contributed by atoms with E-state index in [9.17, 15) is 29.9 Å². The van der Waals surface area contributed by atoms with Crippen molar-refractivity contribution in [3.05, 3.63) is 71.8 Å². The third-order valence-corrected chi connectivity index (χ3v) is 10.8. The Morgan fingerprint density at radius 1 is 0.763 bits per heavy atom. The van der Waals surface area contributed by atoms with Crippen LogP contribution in [-0.4, -0.2) is 71.4 Å². The van der Waals surface area contributed by atoms with Crippen molar-refractivity contribution in [1.29, 1.82) is 0 Å². The fraction of sp³-hybridized carbons (Fsp3) is 0.659. The molecule has 1 heterocycles. The summed E-state index contributed by atoms with van der Waals surface area (Å²) in [6.45, 7) is 1.54. The average Bonchev–Trinajstić information content (AvgIpc) is 3.23. The number of aliphatic hydroxyl groups excluding tert-OH is 2. The zero-order chi connectivity index (χ0) is 41.6. The molecule has 1 saturated heterocycles. The van der Waals surface area contributed by atoms with Crippen LogP contribution in [0.4, 0.5) is 0 Å². The number of nitrogens with one attached hydrogen (secondary N) is 1. The van der Waals surface area contributed by atoms with Crippen molar-refractivity contribution < 1.29 is 87.2 Å². The molecule has 0 spiro atoms. The van der Waals surface area contributed by atoms with E-state index in [0.717, 1.165) is 69.8 Å². The molecule has 3 rings (SSSR count). The van der Waals surface area contributed by atoms with Crippen LogP contribution in [0.25, 0.3) is 0 Å². The smallest absolute Gasteiger partial charge is 0.691 e. The first kappa shape index (κ1) is 53.1. The summed E-state index contributed by atoms with van der Waals surface area (Å²) in [7, 11) is 0. The summed E-state index contributed by atoms with van der Waals surface area (Å²) < 4.78 is 26.9. The number of ether oxygens (including phenoxy) is 3. The molecule has 1 aliphatic rings. The second kappa shape index (κ2) is 33.5. The van der Waals surface area contributed by atoms with Gasteiger partial charge in [-0.05, 0) is 49.7 Å². The number of aryl methyl sites for hydroxylation is 2. The van der Waals surface area contributed by atoms with Crippen LogP contribution >= 0.6 is 12.3 Å². The second-order valence-corrected chi connectivity index (χ2v) is 15.6. The van der Waals surface area contributed by atoms with Gasteiger partial charge in [-0.2, -0.15) is 0 Å². The molecule has 0 aliphatic carbocycles. The van der Waals surface area contributed by atoms with Gasteiger partial charge in [-0.1, -0.05) is 145 Å². The molecule has 15 heteroatoms. The largest absolute Gasteiger partial charge is 1.00 e. The van der Waals surface area contributed by atoms with Crippen LogP contribution in [0.15, 0.2) is 60.7 Å². The molecule has 2 aromatic carbocycles. The van der Waals surface area contributed by atoms with Gasteiger partial charge in [-0.25, -0.2) is 0 Å². The number of carbonyl (C=O) groups is 3. The second-order valence-electron chi connectivity index (χ2n) is 15.1. The van der Waals surface area contributed by atoms with Gasteiger partial charge in [-0.3, -0.25) is 23.6 Å². The fourth-order valence-corrected chi connectivity index (χ4v) is 7.56. The van der Waals surface area contributed by atoms with Gasteiger partial charge < -0.3 is 35.0 Å². The molecule has 2 aromatic rings. The van der Waals surface area contributed by atoms with E-state index in [-0.39, 0.29) is 67.1 Å². The van der Waals surface area contributed by atoms with E-state index in [1.165, 1.54) is 37.7 Å². The van der Waals surface area contributed by atoms with Crippen LogP contribution in [0.5, 0.6) is 0 Å². The summed E-state index contributed by atoms with van der Waals surface area (Å²) in [6, 6.07) is 18.4. The third kappa shape index (κ3) is 23.1. The van der Waals surface area contributed by atoms with Crippen molar-refractivity contribution in [1.82, 2.24) is 5.32 Å². The van der Waals surface area contributed by atoms with Gasteiger partial charge in [0.05, 0.1) is 13.0 Å². The average molecular weight is 856 g/mol. The summed E-state index contributed by atoms with van der Waals surface area (Å²) in [5, 5.41) is 37.6. The van der Waals surface area contributed by atoms with Gasteiger partial charge in [-0.15, -0.1) is 4.33 Å². The summed E-state index contributed by atoms with van der Waals surface area (Å²) in [6.07, 6.45) is 11.6. The quantitative estimate of drug-likeness (QED) is 0.0239. The van der Waals surface area contributed by atoms with Gasteiger partial charge in [0, 0.05) is 12.8 Å². The minimum Gasteiger partial charge on any atom is -0.691 e. The van der Waals surface area contributed by atoms with Crippen molar-refractivity contribution in [2.24, 2.45) is 0 Å². The van der Waals surface area contributed by atoms with E-state index in [4.69, 9.17) is 18.4 Å². The molecule has 13 nitrogen and oxygen atoms in total. The van der Waals surface area contributed by atoms with Crippen LogP contribution in [0.1, 0.15) is 140 Å². The predicted octanol–water partition coefficient (Wildman–Crippen LogP) is 4.10. The number of benzene rings is 2. The standard InChI is InChI=1S/C44H67NO12S.Na/c1-2-3-4-5-6-7-8-12-21-28-36(52-39(48)29-22-13-10-9-11-16-23-34-24-17-14-18-25-34)32-38(47)45-41-43(54-40(49)31-30-35-26-19-15-20-27-35)42(55-58-57-56-51)37(33-46)53-44(41)50;/h14-15,17-20,24-27,36-37,41-44,46,50-51H,2-13,16,21-23,28-33H2,1H3,(H,45,47);/q;+1/p-1/t36-,37+,41+,42+,43+,44?;/m0./s1. The molecule has 0 saturated carbocycles. The molecule has 59 heavy (non-hydrogen) atoms. The Morgan fingerprint density at radius 2 is 1.34 bits per heavy atom. The van der Waals surface area contributed by atoms with E-state index in [2.05, 4.69) is 45.9 Å². The van der Waals surface area contributed by atoms with E-state index >= 15 is 0 Å². The van der Waals surface area contributed by atoms with Gasteiger partial charge in [0.25, 0.3) is 0 Å². The molecule has 1 unspecified atom stereocenters. The number of carbonyl (C=O) groups excluding carboxylic acids is 3. The summed E-state index contributed by atoms with van der Waals surface area (Å²) >= 11 is 0.122. The Bertz CT molecular complexity index is 1380. The monoisotopic (exact) mass is 855 g/mol. The molecule has 6 atom stereocenters. The van der Waals surface area contributed by atoms with E-state index in [1.54, 1.807) is 0 Å². The number of hydrogen-bond acceptors (Lipinski definition) is 13. The van der Waals surface area contributed by atoms with Gasteiger partial charge in [0.2, 0.25) is 5.91 Å². The van der Waals surface area contributed by atoms with Crippen LogP contribution in [0.3, 0.4) is 0 Å². The van der Waals surface area contributed by atoms with E-state index in [1.807, 2.05) is 36.4 Å². The molecule has 0 radical (unpaired) electrons. The van der Waals surface area contributed by atoms with Crippen molar-refractivity contribution in [2.75, 3.05) is 6.61 Å². The molecular formula is C44H66NNaO12S. The first-order valence-corrected chi connectivity index (χ1v) is 22.0. The third-order valence-electron chi connectivity index (χ3n) is 10.4. The van der Waals surface area contributed by atoms with Gasteiger partial charge >= 0.3 is 41.5 Å². The van der Waals surface area contributed by atoms with Crippen molar-refractivity contribution in [3.8, 4) is 0 Å². The number of aliphatic hydroxyl groups is 2. The molecule has 3 N–H and O–H groups in total. The number of hydrogen-bond donors (Lipinski definition) is 3. The molecule has 326 valence electrons. The topological polar surface area (TPSA) is 182 Å². The Morgan fingerprint density at radius 3 is 1.95 bits per heavy atom. The molecule has 0 bridgehead atoms. The van der Waals surface area contributed by atoms with Gasteiger partial charge in [0.1, 0.15) is 24.4 Å². The zero-order valence-corrected chi connectivity index (χ0v) is 38.0. The summed E-state index contributed by atoms with van der Waals surface area (Å²) in [5.74, 6) is -1.60. The number of unbranched alkanes of at least 4 members (excludes halogenated alkanes) is 13. The fourth-order valence-electron chi connectivity index (χ4n) is 7.18. The number of rotatable bonds is 32. The Balaban J connectivity index is 0.0000120. The molecule has 0 aromatic heterocycles. The first-order valence-electron chi connectivity index (χ1n) is 21.3. The maximum Gasteiger partial charge on any atom is 1.00 e. The molecule has 1 aliphatic heterocycles. The molecular weight excluding hydrogens is 790 g/mol. The summed E-state index contributed by atoms with van der Waals surface area (Å²) in [5.41, 5.74) is 2.25. The minimum absolute atomic E-state index is 0. The Labute approximate surface area is 377 Å². The predicted molar refractivity (Wildman–Crippen MR) is 218 cm³/mol. The molecule has 1 amide bonds. The van der Waals surface area contributed by atoms with E-state index in [0.29, 0.717) is 19.3 Å². The SMILES string of the molecule is CCCCCCCCCCC[C@@H](CC(=O)N[C@H]1C(O)O[C@H](CO)[C@@H](OSOO[O-])[C@@H]1OC(=O)CCc1ccccc1)OC(=O)CCCCCCCCc1ccccc1.[Na+]. The maximum atomic E-state index is 13.7. The van der Waals surface area contributed by atoms with Crippen molar-refractivity contribution in [2.45, 2.75) is 179 Å². The zero-order valence-electron chi connectivity index (χ0n) is 35.2. The Kier molecular flexibility index (Phi) is 30.2. The van der Waals surface area contributed by atoms with Crippen molar-refractivity contribution in [3.63, 3.8) is 0 Å². The minimum atomic E-state index is -1.72. The Hall–Kier alpha value is -2.08. The molecule has 1 fully saturated rings. The number of esters is 2. The van der Waals surface area contributed by atoms with Crippen LogP contribution < -0.4 is 40.1 Å². The summed E-state index contributed by atoms with van der Waals surface area (Å²) in [4.78, 5) is 39.8. The normalized spacial score (nSPS) is 19.4.